The van der Waals surface area contributed by atoms with Crippen LogP contribution in [0.3, 0.4) is 0 Å². The first-order valence-electron chi connectivity index (χ1n) is 8.66. The van der Waals surface area contributed by atoms with Gasteiger partial charge in [-0.2, -0.15) is 0 Å². The molecule has 4 rings (SSSR count). The number of aromatic amines is 1. The Hall–Kier alpha value is -3.33. The first-order chi connectivity index (χ1) is 12.8. The van der Waals surface area contributed by atoms with E-state index in [4.69, 9.17) is 4.74 Å². The fourth-order valence-corrected chi connectivity index (χ4v) is 3.05. The average Bonchev–Trinajstić information content (AvgIpc) is 3.14. The molecule has 0 saturated carbocycles. The maximum atomic E-state index is 5.23. The highest BCUT2D eigenvalue weighted by Crippen LogP contribution is 2.27. The smallest absolute Gasteiger partial charge is 0.138 e. The molecule has 0 saturated heterocycles. The second-order valence-electron chi connectivity index (χ2n) is 6.17. The number of nitrogens with one attached hydrogen (secondary N) is 1. The predicted molar refractivity (Wildman–Crippen MR) is 107 cm³/mol. The molecule has 128 valence electrons. The van der Waals surface area contributed by atoms with E-state index >= 15 is 0 Å². The number of benzene rings is 2. The molecule has 26 heavy (non-hydrogen) atoms. The van der Waals surface area contributed by atoms with E-state index in [9.17, 15) is 0 Å². The van der Waals surface area contributed by atoms with Crippen LogP contribution in [0.4, 0.5) is 0 Å². The van der Waals surface area contributed by atoms with Crippen LogP contribution in [0.1, 0.15) is 11.1 Å². The van der Waals surface area contributed by atoms with Crippen LogP contribution in [0, 0.1) is 0 Å². The van der Waals surface area contributed by atoms with Crippen LogP contribution in [0.5, 0.6) is 5.75 Å². The lowest BCUT2D eigenvalue weighted by atomic mass is 10.1. The summed E-state index contributed by atoms with van der Waals surface area (Å²) in [5.41, 5.74) is 5.55. The van der Waals surface area contributed by atoms with Crippen molar-refractivity contribution in [2.45, 2.75) is 6.42 Å². The van der Waals surface area contributed by atoms with Gasteiger partial charge in [0.1, 0.15) is 11.4 Å². The van der Waals surface area contributed by atoms with Crippen molar-refractivity contribution < 1.29 is 4.74 Å². The van der Waals surface area contributed by atoms with Crippen molar-refractivity contribution in [3.8, 4) is 17.0 Å². The quantitative estimate of drug-likeness (QED) is 0.521. The van der Waals surface area contributed by atoms with Crippen molar-refractivity contribution >= 4 is 17.1 Å². The number of pyridine rings is 1. The summed E-state index contributed by atoms with van der Waals surface area (Å²) in [7, 11) is 1.68. The van der Waals surface area contributed by atoms with E-state index in [1.165, 1.54) is 11.1 Å². The van der Waals surface area contributed by atoms with Crippen LogP contribution in [0.25, 0.3) is 28.4 Å². The zero-order valence-electron chi connectivity index (χ0n) is 14.6. The molecular weight excluding hydrogens is 320 g/mol. The molecule has 0 aliphatic carbocycles. The van der Waals surface area contributed by atoms with Crippen molar-refractivity contribution in [1.82, 2.24) is 9.97 Å². The Balaban J connectivity index is 1.62. The van der Waals surface area contributed by atoms with Crippen LogP contribution in [0.2, 0.25) is 0 Å². The molecule has 1 N–H and O–H groups in total. The summed E-state index contributed by atoms with van der Waals surface area (Å²) in [6, 6.07) is 22.7. The van der Waals surface area contributed by atoms with Crippen LogP contribution in [-0.4, -0.2) is 17.1 Å². The second kappa shape index (κ2) is 7.28. The number of nitrogens with zero attached hydrogens (tertiary/aromatic N) is 1. The molecule has 0 atom stereocenters. The topological polar surface area (TPSA) is 37.9 Å². The summed E-state index contributed by atoms with van der Waals surface area (Å²) >= 11 is 0. The average molecular weight is 340 g/mol. The van der Waals surface area contributed by atoms with Gasteiger partial charge in [-0.05, 0) is 59.5 Å². The van der Waals surface area contributed by atoms with Gasteiger partial charge in [0.25, 0.3) is 0 Å². The Morgan fingerprint density at radius 2 is 1.81 bits per heavy atom. The molecule has 2 heterocycles. The van der Waals surface area contributed by atoms with E-state index in [-0.39, 0.29) is 0 Å². The lowest BCUT2D eigenvalue weighted by Gasteiger charge is -2.00. The summed E-state index contributed by atoms with van der Waals surface area (Å²) in [4.78, 5) is 7.89. The van der Waals surface area contributed by atoms with Gasteiger partial charge < -0.3 is 9.72 Å². The molecular formula is C23H20N2O. The molecule has 0 unspecified atom stereocenters. The van der Waals surface area contributed by atoms with Gasteiger partial charge in [0.05, 0.1) is 7.11 Å². The third kappa shape index (κ3) is 3.38. The summed E-state index contributed by atoms with van der Waals surface area (Å²) < 4.78 is 5.23. The van der Waals surface area contributed by atoms with Crippen LogP contribution >= 0.6 is 0 Å². The zero-order chi connectivity index (χ0) is 17.8. The number of allylic oxidation sites excluding steroid dienone is 1. The minimum absolute atomic E-state index is 0.854. The minimum Gasteiger partial charge on any atom is -0.497 e. The Morgan fingerprint density at radius 1 is 1.00 bits per heavy atom. The molecule has 0 amide bonds. The Bertz CT molecular complexity index is 1030. The van der Waals surface area contributed by atoms with E-state index < -0.39 is 0 Å². The molecule has 0 spiro atoms. The van der Waals surface area contributed by atoms with Gasteiger partial charge in [0.15, 0.2) is 0 Å². The molecule has 0 fully saturated rings. The lowest BCUT2D eigenvalue weighted by molar-refractivity contribution is 0.415. The van der Waals surface area contributed by atoms with Gasteiger partial charge in [-0.3, -0.25) is 0 Å². The normalized spacial score (nSPS) is 11.3. The molecule has 3 nitrogen and oxygen atoms in total. The fourth-order valence-electron chi connectivity index (χ4n) is 3.05. The minimum atomic E-state index is 0.854. The highest BCUT2D eigenvalue weighted by molar-refractivity contribution is 5.90. The van der Waals surface area contributed by atoms with Gasteiger partial charge in [-0.1, -0.05) is 42.5 Å². The number of fused-ring (bicyclic) bond motifs is 1. The van der Waals surface area contributed by atoms with Gasteiger partial charge in [-0.15, -0.1) is 0 Å². The number of rotatable bonds is 5. The van der Waals surface area contributed by atoms with Crippen LogP contribution < -0.4 is 4.74 Å². The van der Waals surface area contributed by atoms with Gasteiger partial charge in [-0.25, -0.2) is 4.98 Å². The summed E-state index contributed by atoms with van der Waals surface area (Å²) in [5.74, 6) is 0.854. The highest BCUT2D eigenvalue weighted by atomic mass is 16.5. The van der Waals surface area contributed by atoms with E-state index in [0.717, 1.165) is 34.5 Å². The van der Waals surface area contributed by atoms with Crippen molar-refractivity contribution in [3.63, 3.8) is 0 Å². The van der Waals surface area contributed by atoms with Gasteiger partial charge >= 0.3 is 0 Å². The molecule has 3 heteroatoms. The molecule has 0 bridgehead atoms. The predicted octanol–water partition coefficient (Wildman–Crippen LogP) is 5.49. The van der Waals surface area contributed by atoms with Crippen LogP contribution in [0.15, 0.2) is 79.0 Å². The van der Waals surface area contributed by atoms with Crippen molar-refractivity contribution in [2.75, 3.05) is 7.11 Å². The molecule has 4 aromatic rings. The number of aromatic nitrogens is 2. The summed E-state index contributed by atoms with van der Waals surface area (Å²) in [6.07, 6.45) is 7.13. The van der Waals surface area contributed by atoms with E-state index in [1.54, 1.807) is 7.11 Å². The van der Waals surface area contributed by atoms with E-state index in [0.29, 0.717) is 0 Å². The second-order valence-corrected chi connectivity index (χ2v) is 6.17. The Kier molecular flexibility index (Phi) is 4.52. The number of methoxy groups -OCH3 is 1. The maximum absolute atomic E-state index is 5.23. The van der Waals surface area contributed by atoms with Crippen molar-refractivity contribution in [3.05, 3.63) is 90.1 Å². The summed E-state index contributed by atoms with van der Waals surface area (Å²) in [5, 5.41) is 1.13. The van der Waals surface area contributed by atoms with E-state index in [2.05, 4.69) is 70.7 Å². The standard InChI is InChI=1S/C23H20N2O/c1-26-20-12-10-19(11-13-20)22-16-21-18(14-15-24-23(21)25-22)9-5-8-17-6-3-2-4-7-17/h2-7,9-16H,8H2,1H3,(H,24,25). The third-order valence-corrected chi connectivity index (χ3v) is 4.46. The maximum Gasteiger partial charge on any atom is 0.138 e. The Morgan fingerprint density at radius 3 is 2.58 bits per heavy atom. The molecule has 0 radical (unpaired) electrons. The first kappa shape index (κ1) is 16.2. The largest absolute Gasteiger partial charge is 0.497 e. The zero-order valence-corrected chi connectivity index (χ0v) is 14.6. The van der Waals surface area contributed by atoms with Crippen molar-refractivity contribution in [2.24, 2.45) is 0 Å². The van der Waals surface area contributed by atoms with Crippen LogP contribution in [-0.2, 0) is 6.42 Å². The SMILES string of the molecule is COc1ccc(-c2cc3c(C=CCc4ccccc4)ccnc3[nH]2)cc1. The molecule has 0 aliphatic rings. The number of ether oxygens (including phenoxy) is 1. The number of hydrogen-bond acceptors (Lipinski definition) is 2. The lowest BCUT2D eigenvalue weighted by Crippen LogP contribution is -1.82. The van der Waals surface area contributed by atoms with Gasteiger partial charge in [0.2, 0.25) is 0 Å². The van der Waals surface area contributed by atoms with Gasteiger partial charge in [0, 0.05) is 17.3 Å². The monoisotopic (exact) mass is 340 g/mol. The number of hydrogen-bond donors (Lipinski definition) is 1. The fraction of sp³-hybridized carbons (Fsp3) is 0.0870. The summed E-state index contributed by atoms with van der Waals surface area (Å²) in [6.45, 7) is 0. The first-order valence-corrected chi connectivity index (χ1v) is 8.66. The molecule has 2 aromatic carbocycles. The number of H-pyrrole nitrogens is 1. The molecule has 0 aliphatic heterocycles. The van der Waals surface area contributed by atoms with E-state index in [1.807, 2.05) is 24.4 Å². The third-order valence-electron chi connectivity index (χ3n) is 4.46. The van der Waals surface area contributed by atoms with Crippen molar-refractivity contribution in [1.29, 1.82) is 0 Å². The molecule has 2 aromatic heterocycles. The Labute approximate surface area is 153 Å². The highest BCUT2D eigenvalue weighted by Gasteiger charge is 2.07.